The first-order chi connectivity index (χ1) is 8.72. The number of aliphatic carboxylic acids is 1. The van der Waals surface area contributed by atoms with Gasteiger partial charge in [-0.3, -0.25) is 4.79 Å². The van der Waals surface area contributed by atoms with Gasteiger partial charge in [0, 0.05) is 6.61 Å². The molecule has 1 fully saturated rings. The first-order valence-electron chi connectivity index (χ1n) is 6.60. The van der Waals surface area contributed by atoms with Crippen LogP contribution in [-0.4, -0.2) is 24.3 Å². The van der Waals surface area contributed by atoms with E-state index in [9.17, 15) is 9.90 Å². The van der Waals surface area contributed by atoms with Crippen LogP contribution in [0.15, 0.2) is 24.3 Å². The topological polar surface area (TPSA) is 46.5 Å². The number of ether oxygens (including phenoxy) is 1. The van der Waals surface area contributed by atoms with Crippen molar-refractivity contribution in [3.8, 4) is 0 Å². The van der Waals surface area contributed by atoms with E-state index in [2.05, 4.69) is 12.1 Å². The number of hydrogen-bond donors (Lipinski definition) is 1. The van der Waals surface area contributed by atoms with Crippen LogP contribution in [0.2, 0.25) is 0 Å². The van der Waals surface area contributed by atoms with E-state index < -0.39 is 11.4 Å². The van der Waals surface area contributed by atoms with Gasteiger partial charge in [0.05, 0.1) is 12.0 Å². The van der Waals surface area contributed by atoms with Gasteiger partial charge in [-0.05, 0) is 42.7 Å². The second-order valence-corrected chi connectivity index (χ2v) is 5.50. The van der Waals surface area contributed by atoms with Crippen molar-refractivity contribution in [3.05, 3.63) is 35.4 Å². The molecule has 0 amide bonds. The molecule has 18 heavy (non-hydrogen) atoms. The zero-order valence-electron chi connectivity index (χ0n) is 10.4. The number of carboxylic acids is 1. The van der Waals surface area contributed by atoms with Gasteiger partial charge in [0.15, 0.2) is 0 Å². The molecule has 1 aromatic rings. The van der Waals surface area contributed by atoms with E-state index in [-0.39, 0.29) is 5.92 Å². The maximum atomic E-state index is 11.8. The van der Waals surface area contributed by atoms with Crippen LogP contribution in [0.1, 0.15) is 24.0 Å². The monoisotopic (exact) mass is 246 g/mol. The van der Waals surface area contributed by atoms with Crippen LogP contribution in [0.3, 0.4) is 0 Å². The molecule has 3 nitrogen and oxygen atoms in total. The number of benzene rings is 1. The molecule has 1 aromatic carbocycles. The van der Waals surface area contributed by atoms with Crippen LogP contribution in [0.5, 0.6) is 0 Å². The van der Waals surface area contributed by atoms with Crippen LogP contribution in [0.4, 0.5) is 0 Å². The Labute approximate surface area is 107 Å². The standard InChI is InChI=1S/C15H18O3/c16-14(17)15(13-6-3-7-18-10-13)8-11-4-1-2-5-12(11)9-15/h1-2,4-5,13H,3,6-10H2,(H,16,17). The minimum atomic E-state index is -0.658. The van der Waals surface area contributed by atoms with E-state index in [0.29, 0.717) is 19.4 Å². The third kappa shape index (κ3) is 1.74. The van der Waals surface area contributed by atoms with Crippen molar-refractivity contribution < 1.29 is 14.6 Å². The maximum Gasteiger partial charge on any atom is 0.310 e. The second-order valence-electron chi connectivity index (χ2n) is 5.50. The molecule has 1 saturated heterocycles. The Morgan fingerprint density at radius 1 is 1.28 bits per heavy atom. The predicted molar refractivity (Wildman–Crippen MR) is 67.5 cm³/mol. The molecule has 0 aromatic heterocycles. The fourth-order valence-corrected chi connectivity index (χ4v) is 3.44. The van der Waals surface area contributed by atoms with Crippen LogP contribution >= 0.6 is 0 Å². The van der Waals surface area contributed by atoms with Gasteiger partial charge >= 0.3 is 5.97 Å². The van der Waals surface area contributed by atoms with Gasteiger partial charge < -0.3 is 9.84 Å². The Hall–Kier alpha value is -1.35. The van der Waals surface area contributed by atoms with Gasteiger partial charge in [-0.2, -0.15) is 0 Å². The summed E-state index contributed by atoms with van der Waals surface area (Å²) < 4.78 is 5.51. The van der Waals surface area contributed by atoms with E-state index in [1.165, 1.54) is 11.1 Å². The Kier molecular flexibility index (Phi) is 2.86. The van der Waals surface area contributed by atoms with Crippen molar-refractivity contribution in [2.75, 3.05) is 13.2 Å². The zero-order valence-corrected chi connectivity index (χ0v) is 10.4. The molecule has 96 valence electrons. The van der Waals surface area contributed by atoms with Crippen molar-refractivity contribution in [1.82, 2.24) is 0 Å². The molecule has 0 radical (unpaired) electrons. The minimum Gasteiger partial charge on any atom is -0.481 e. The lowest BCUT2D eigenvalue weighted by Gasteiger charge is -2.36. The largest absolute Gasteiger partial charge is 0.481 e. The van der Waals surface area contributed by atoms with Crippen LogP contribution in [-0.2, 0) is 22.4 Å². The molecular weight excluding hydrogens is 228 g/mol. The van der Waals surface area contributed by atoms with Gasteiger partial charge in [-0.25, -0.2) is 0 Å². The third-order valence-electron chi connectivity index (χ3n) is 4.50. The highest BCUT2D eigenvalue weighted by molar-refractivity contribution is 5.77. The van der Waals surface area contributed by atoms with Crippen molar-refractivity contribution in [1.29, 1.82) is 0 Å². The van der Waals surface area contributed by atoms with Crippen LogP contribution < -0.4 is 0 Å². The number of carboxylic acid groups (broad SMARTS) is 1. The first kappa shape index (κ1) is 11.7. The molecule has 2 aliphatic rings. The second kappa shape index (κ2) is 4.39. The van der Waals surface area contributed by atoms with Gasteiger partial charge in [0.25, 0.3) is 0 Å². The van der Waals surface area contributed by atoms with Gasteiger partial charge in [-0.1, -0.05) is 24.3 Å². The highest BCUT2D eigenvalue weighted by atomic mass is 16.5. The Morgan fingerprint density at radius 3 is 2.44 bits per heavy atom. The lowest BCUT2D eigenvalue weighted by Crippen LogP contribution is -2.43. The summed E-state index contributed by atoms with van der Waals surface area (Å²) in [4.78, 5) is 11.8. The average molecular weight is 246 g/mol. The van der Waals surface area contributed by atoms with Crippen molar-refractivity contribution >= 4 is 5.97 Å². The van der Waals surface area contributed by atoms with E-state index in [4.69, 9.17) is 4.74 Å². The summed E-state index contributed by atoms with van der Waals surface area (Å²) in [5.74, 6) is -0.509. The Balaban J connectivity index is 1.93. The highest BCUT2D eigenvalue weighted by Crippen LogP contribution is 2.45. The molecule has 1 aliphatic carbocycles. The smallest absolute Gasteiger partial charge is 0.310 e. The van der Waals surface area contributed by atoms with Crippen molar-refractivity contribution in [2.45, 2.75) is 25.7 Å². The van der Waals surface area contributed by atoms with E-state index >= 15 is 0 Å². The van der Waals surface area contributed by atoms with E-state index in [0.717, 1.165) is 19.4 Å². The molecule has 1 aliphatic heterocycles. The van der Waals surface area contributed by atoms with Crippen molar-refractivity contribution in [2.24, 2.45) is 11.3 Å². The lowest BCUT2D eigenvalue weighted by atomic mass is 9.70. The molecule has 1 atom stereocenters. The van der Waals surface area contributed by atoms with E-state index in [1.807, 2.05) is 12.1 Å². The molecule has 1 heterocycles. The SMILES string of the molecule is O=C(O)C1(C2CCCOC2)Cc2ccccc2C1. The summed E-state index contributed by atoms with van der Waals surface area (Å²) in [6.45, 7) is 1.37. The summed E-state index contributed by atoms with van der Waals surface area (Å²) in [7, 11) is 0. The maximum absolute atomic E-state index is 11.8. The Morgan fingerprint density at radius 2 is 1.94 bits per heavy atom. The fourth-order valence-electron chi connectivity index (χ4n) is 3.44. The molecule has 0 saturated carbocycles. The number of carbonyl (C=O) groups is 1. The summed E-state index contributed by atoms with van der Waals surface area (Å²) in [5.41, 5.74) is 1.76. The molecular formula is C15H18O3. The fraction of sp³-hybridized carbons (Fsp3) is 0.533. The van der Waals surface area contributed by atoms with Crippen molar-refractivity contribution in [3.63, 3.8) is 0 Å². The summed E-state index contributed by atoms with van der Waals surface area (Å²) in [6.07, 6.45) is 3.27. The number of fused-ring (bicyclic) bond motifs is 1. The lowest BCUT2D eigenvalue weighted by molar-refractivity contribution is -0.155. The van der Waals surface area contributed by atoms with E-state index in [1.54, 1.807) is 0 Å². The van der Waals surface area contributed by atoms with Crippen LogP contribution in [0, 0.1) is 11.3 Å². The minimum absolute atomic E-state index is 0.149. The zero-order chi connectivity index (χ0) is 12.6. The third-order valence-corrected chi connectivity index (χ3v) is 4.50. The molecule has 0 spiro atoms. The molecule has 1 unspecified atom stereocenters. The van der Waals surface area contributed by atoms with Crippen LogP contribution in [0.25, 0.3) is 0 Å². The first-order valence-corrected chi connectivity index (χ1v) is 6.60. The highest BCUT2D eigenvalue weighted by Gasteiger charge is 2.50. The van der Waals surface area contributed by atoms with Gasteiger partial charge in [0.1, 0.15) is 0 Å². The normalized spacial score (nSPS) is 25.7. The van der Waals surface area contributed by atoms with Gasteiger partial charge in [0.2, 0.25) is 0 Å². The quantitative estimate of drug-likeness (QED) is 0.870. The molecule has 1 N–H and O–H groups in total. The Bertz CT molecular complexity index is 436. The molecule has 3 rings (SSSR count). The average Bonchev–Trinajstić information content (AvgIpc) is 2.80. The molecule has 3 heteroatoms. The summed E-state index contributed by atoms with van der Waals surface area (Å²) >= 11 is 0. The molecule has 0 bridgehead atoms. The van der Waals surface area contributed by atoms with Gasteiger partial charge in [-0.15, -0.1) is 0 Å². The predicted octanol–water partition coefficient (Wildman–Crippen LogP) is 2.28. The number of rotatable bonds is 2. The number of hydrogen-bond acceptors (Lipinski definition) is 2. The summed E-state index contributed by atoms with van der Waals surface area (Å²) in [5, 5.41) is 9.73. The summed E-state index contributed by atoms with van der Waals surface area (Å²) in [6, 6.07) is 8.11.